The summed E-state index contributed by atoms with van der Waals surface area (Å²) in [6.07, 6.45) is 3.28. The molecule has 1 aliphatic rings. The van der Waals surface area contributed by atoms with Gasteiger partial charge in [0.05, 0.1) is 11.9 Å². The minimum atomic E-state index is -3.48. The molecule has 1 saturated heterocycles. The summed E-state index contributed by atoms with van der Waals surface area (Å²) in [5, 5.41) is 6.46. The Morgan fingerprint density at radius 1 is 1.61 bits per heavy atom. The molecule has 102 valence electrons. The smallest absolute Gasteiger partial charge is 0.246 e. The molecule has 2 rings (SSSR count). The second-order valence-corrected chi connectivity index (χ2v) is 6.76. The summed E-state index contributed by atoms with van der Waals surface area (Å²) in [6.45, 7) is 4.67. The van der Waals surface area contributed by atoms with E-state index in [-0.39, 0.29) is 10.9 Å². The van der Waals surface area contributed by atoms with Crippen LogP contribution in [0.5, 0.6) is 0 Å². The Morgan fingerprint density at radius 3 is 2.89 bits per heavy atom. The summed E-state index contributed by atoms with van der Waals surface area (Å²) in [6, 6.07) is -0.113. The van der Waals surface area contributed by atoms with Crippen molar-refractivity contribution < 1.29 is 8.42 Å². The Balaban J connectivity index is 2.37. The summed E-state index contributed by atoms with van der Waals surface area (Å²) in [5.74, 6) is 0.297. The summed E-state index contributed by atoms with van der Waals surface area (Å²) < 4.78 is 26.7. The van der Waals surface area contributed by atoms with Gasteiger partial charge in [0.15, 0.2) is 0 Å². The van der Waals surface area contributed by atoms with Crippen LogP contribution in [0.3, 0.4) is 0 Å². The number of hydrogen-bond acceptors (Lipinski definition) is 4. The predicted molar refractivity (Wildman–Crippen MR) is 68.5 cm³/mol. The van der Waals surface area contributed by atoms with Crippen LogP contribution < -0.4 is 5.73 Å². The van der Waals surface area contributed by atoms with Crippen molar-refractivity contribution in [2.24, 2.45) is 11.7 Å². The molecule has 6 nitrogen and oxygen atoms in total. The van der Waals surface area contributed by atoms with Crippen LogP contribution in [0.2, 0.25) is 0 Å². The molecule has 0 saturated carbocycles. The number of nitrogens with zero attached hydrogens (tertiary/aromatic N) is 2. The number of aromatic amines is 1. The van der Waals surface area contributed by atoms with Gasteiger partial charge in [-0.05, 0) is 25.7 Å². The molecular formula is C11H20N4O2S. The molecule has 2 unspecified atom stereocenters. The van der Waals surface area contributed by atoms with Gasteiger partial charge in [0.1, 0.15) is 4.90 Å². The van der Waals surface area contributed by atoms with Crippen molar-refractivity contribution in [2.45, 2.75) is 37.6 Å². The zero-order valence-electron chi connectivity index (χ0n) is 10.8. The van der Waals surface area contributed by atoms with E-state index in [4.69, 9.17) is 5.73 Å². The molecule has 0 spiro atoms. The van der Waals surface area contributed by atoms with Gasteiger partial charge in [0.25, 0.3) is 0 Å². The lowest BCUT2D eigenvalue weighted by Gasteiger charge is -2.38. The largest absolute Gasteiger partial charge is 0.329 e. The molecule has 0 bridgehead atoms. The first-order valence-corrected chi connectivity index (χ1v) is 7.64. The van der Waals surface area contributed by atoms with E-state index in [0.717, 1.165) is 12.8 Å². The first-order valence-electron chi connectivity index (χ1n) is 6.20. The van der Waals surface area contributed by atoms with Crippen LogP contribution >= 0.6 is 0 Å². The number of hydrogen-bond donors (Lipinski definition) is 2. The van der Waals surface area contributed by atoms with E-state index in [2.05, 4.69) is 17.1 Å². The first kappa shape index (κ1) is 13.5. The third-order valence-corrected chi connectivity index (χ3v) is 5.71. The van der Waals surface area contributed by atoms with Crippen molar-refractivity contribution in [1.82, 2.24) is 14.5 Å². The molecule has 2 heterocycles. The molecule has 0 amide bonds. The molecule has 18 heavy (non-hydrogen) atoms. The molecule has 1 aromatic heterocycles. The summed E-state index contributed by atoms with van der Waals surface area (Å²) in [4.78, 5) is 0.259. The number of sulfonamides is 1. The number of aromatic nitrogens is 2. The molecule has 0 aromatic carbocycles. The van der Waals surface area contributed by atoms with E-state index in [0.29, 0.717) is 24.7 Å². The Morgan fingerprint density at radius 2 is 2.33 bits per heavy atom. The maximum atomic E-state index is 12.6. The number of rotatable bonds is 3. The molecule has 7 heteroatoms. The highest BCUT2D eigenvalue weighted by molar-refractivity contribution is 7.89. The van der Waals surface area contributed by atoms with Crippen molar-refractivity contribution >= 4 is 10.0 Å². The zero-order chi connectivity index (χ0) is 13.3. The minimum absolute atomic E-state index is 0.113. The molecule has 3 N–H and O–H groups in total. The lowest BCUT2D eigenvalue weighted by atomic mass is 9.93. The average molecular weight is 272 g/mol. The quantitative estimate of drug-likeness (QED) is 0.836. The van der Waals surface area contributed by atoms with Gasteiger partial charge in [-0.3, -0.25) is 5.10 Å². The fourth-order valence-electron chi connectivity index (χ4n) is 2.59. The third-order valence-electron chi connectivity index (χ3n) is 3.68. The van der Waals surface area contributed by atoms with Crippen molar-refractivity contribution in [3.05, 3.63) is 11.9 Å². The average Bonchev–Trinajstić information content (AvgIpc) is 2.75. The second-order valence-electron chi connectivity index (χ2n) is 4.90. The van der Waals surface area contributed by atoms with Gasteiger partial charge < -0.3 is 5.73 Å². The van der Waals surface area contributed by atoms with Crippen LogP contribution in [0, 0.1) is 12.8 Å². The summed E-state index contributed by atoms with van der Waals surface area (Å²) >= 11 is 0. The van der Waals surface area contributed by atoms with E-state index in [1.54, 1.807) is 11.2 Å². The van der Waals surface area contributed by atoms with Crippen molar-refractivity contribution in [3.8, 4) is 0 Å². The molecule has 0 radical (unpaired) electrons. The highest BCUT2D eigenvalue weighted by Gasteiger charge is 2.37. The van der Waals surface area contributed by atoms with Gasteiger partial charge in [-0.2, -0.15) is 9.40 Å². The van der Waals surface area contributed by atoms with E-state index in [9.17, 15) is 8.42 Å². The lowest BCUT2D eigenvalue weighted by molar-refractivity contribution is 0.192. The first-order chi connectivity index (χ1) is 8.48. The van der Waals surface area contributed by atoms with E-state index in [1.807, 2.05) is 0 Å². The zero-order valence-corrected chi connectivity index (χ0v) is 11.6. The van der Waals surface area contributed by atoms with Gasteiger partial charge >= 0.3 is 0 Å². The molecular weight excluding hydrogens is 252 g/mol. The van der Waals surface area contributed by atoms with Crippen molar-refractivity contribution in [3.63, 3.8) is 0 Å². The molecule has 1 aromatic rings. The van der Waals surface area contributed by atoms with Gasteiger partial charge in [-0.1, -0.05) is 6.92 Å². The normalized spacial score (nSPS) is 26.4. The fourth-order valence-corrected chi connectivity index (χ4v) is 4.48. The third kappa shape index (κ3) is 2.17. The second kappa shape index (κ2) is 4.99. The molecule has 0 aliphatic carbocycles. The van der Waals surface area contributed by atoms with Gasteiger partial charge in [-0.25, -0.2) is 8.42 Å². The number of H-pyrrole nitrogens is 1. The van der Waals surface area contributed by atoms with Crippen LogP contribution in [-0.4, -0.2) is 42.1 Å². The number of piperidine rings is 1. The standard InChI is InChI=1S/C11H20N4O2S/c1-8-4-3-5-15(10(8)6-12)18(16,17)11-7-13-14-9(11)2/h7-8,10H,3-6,12H2,1-2H3,(H,13,14). The highest BCUT2D eigenvalue weighted by Crippen LogP contribution is 2.29. The monoisotopic (exact) mass is 272 g/mol. The van der Waals surface area contributed by atoms with Crippen molar-refractivity contribution in [2.75, 3.05) is 13.1 Å². The van der Waals surface area contributed by atoms with Crippen molar-refractivity contribution in [1.29, 1.82) is 0 Å². The van der Waals surface area contributed by atoms with Gasteiger partial charge in [0, 0.05) is 19.1 Å². The van der Waals surface area contributed by atoms with E-state index in [1.165, 1.54) is 6.20 Å². The van der Waals surface area contributed by atoms with Crippen LogP contribution in [0.1, 0.15) is 25.5 Å². The molecule has 2 atom stereocenters. The predicted octanol–water partition coefficient (Wildman–Crippen LogP) is 0.466. The Kier molecular flexibility index (Phi) is 3.74. The van der Waals surface area contributed by atoms with Crippen LogP contribution in [-0.2, 0) is 10.0 Å². The van der Waals surface area contributed by atoms with E-state index >= 15 is 0 Å². The summed E-state index contributed by atoms with van der Waals surface area (Å²) in [7, 11) is -3.48. The summed E-state index contributed by atoms with van der Waals surface area (Å²) in [5.41, 5.74) is 6.32. The number of aryl methyl sites for hydroxylation is 1. The molecule has 1 fully saturated rings. The Hall–Kier alpha value is -0.920. The number of nitrogens with two attached hydrogens (primary N) is 1. The topological polar surface area (TPSA) is 92.1 Å². The van der Waals surface area contributed by atoms with Gasteiger partial charge in [0.2, 0.25) is 10.0 Å². The lowest BCUT2D eigenvalue weighted by Crippen LogP contribution is -2.51. The Labute approximate surface area is 108 Å². The van der Waals surface area contributed by atoms with Crippen LogP contribution in [0.4, 0.5) is 0 Å². The maximum Gasteiger partial charge on any atom is 0.246 e. The molecule has 1 aliphatic heterocycles. The van der Waals surface area contributed by atoms with Crippen LogP contribution in [0.15, 0.2) is 11.1 Å². The maximum absolute atomic E-state index is 12.6. The SMILES string of the molecule is Cc1[nH]ncc1S(=O)(=O)N1CCCC(C)C1CN. The van der Waals surface area contributed by atoms with E-state index < -0.39 is 10.0 Å². The minimum Gasteiger partial charge on any atom is -0.329 e. The fraction of sp³-hybridized carbons (Fsp3) is 0.727. The highest BCUT2D eigenvalue weighted by atomic mass is 32.2. The van der Waals surface area contributed by atoms with Crippen LogP contribution in [0.25, 0.3) is 0 Å². The van der Waals surface area contributed by atoms with Gasteiger partial charge in [-0.15, -0.1) is 0 Å². The Bertz CT molecular complexity index is 511. The number of nitrogens with one attached hydrogen (secondary N) is 1.